The van der Waals surface area contributed by atoms with Crippen LogP contribution in [0.25, 0.3) is 0 Å². The Morgan fingerprint density at radius 3 is 2.84 bits per heavy atom. The summed E-state index contributed by atoms with van der Waals surface area (Å²) in [6.45, 7) is 4.43. The zero-order valence-electron chi connectivity index (χ0n) is 15.1. The van der Waals surface area contributed by atoms with Gasteiger partial charge in [0, 0.05) is 19.6 Å². The molecule has 2 heterocycles. The predicted octanol–water partition coefficient (Wildman–Crippen LogP) is 2.18. The average molecular weight is 341 g/mol. The van der Waals surface area contributed by atoms with E-state index in [9.17, 15) is 4.79 Å². The standard InChI is InChI=1S/C19H27N5O/c1-16(19(25)22(2)12-17-8-4-3-5-9-17)24-11-7-6-10-18(24)13-23-15-20-14-21-23/h3-5,8-9,14-16,18H,6-7,10-13H2,1-2H3. The number of amides is 1. The van der Waals surface area contributed by atoms with Crippen molar-refractivity contribution in [1.82, 2.24) is 24.6 Å². The van der Waals surface area contributed by atoms with Crippen LogP contribution in [0, 0.1) is 0 Å². The third kappa shape index (κ3) is 4.45. The van der Waals surface area contributed by atoms with Crippen molar-refractivity contribution in [3.05, 3.63) is 48.5 Å². The molecule has 6 heteroatoms. The zero-order chi connectivity index (χ0) is 17.6. The van der Waals surface area contributed by atoms with Gasteiger partial charge in [0.15, 0.2) is 0 Å². The molecule has 134 valence electrons. The lowest BCUT2D eigenvalue weighted by Crippen LogP contribution is -2.53. The first-order chi connectivity index (χ1) is 12.1. The van der Waals surface area contributed by atoms with Crippen molar-refractivity contribution in [3.8, 4) is 0 Å². The van der Waals surface area contributed by atoms with E-state index in [-0.39, 0.29) is 11.9 Å². The molecule has 6 nitrogen and oxygen atoms in total. The molecule has 1 aromatic carbocycles. The van der Waals surface area contributed by atoms with E-state index in [4.69, 9.17) is 0 Å². The van der Waals surface area contributed by atoms with Crippen molar-refractivity contribution >= 4 is 5.91 Å². The van der Waals surface area contributed by atoms with Crippen molar-refractivity contribution in [2.45, 2.75) is 51.4 Å². The minimum absolute atomic E-state index is 0.123. The highest BCUT2D eigenvalue weighted by Gasteiger charge is 2.32. The highest BCUT2D eigenvalue weighted by molar-refractivity contribution is 5.81. The van der Waals surface area contributed by atoms with Gasteiger partial charge in [-0.15, -0.1) is 0 Å². The van der Waals surface area contributed by atoms with Gasteiger partial charge in [-0.05, 0) is 31.9 Å². The van der Waals surface area contributed by atoms with Crippen LogP contribution < -0.4 is 0 Å². The molecule has 0 spiro atoms. The molecule has 1 aliphatic rings. The van der Waals surface area contributed by atoms with Gasteiger partial charge >= 0.3 is 0 Å². The summed E-state index contributed by atoms with van der Waals surface area (Å²) in [7, 11) is 1.89. The lowest BCUT2D eigenvalue weighted by atomic mass is 9.99. The molecule has 0 aliphatic carbocycles. The van der Waals surface area contributed by atoms with Crippen LogP contribution >= 0.6 is 0 Å². The van der Waals surface area contributed by atoms with Crippen molar-refractivity contribution in [3.63, 3.8) is 0 Å². The van der Waals surface area contributed by atoms with Gasteiger partial charge in [0.05, 0.1) is 12.6 Å². The summed E-state index contributed by atoms with van der Waals surface area (Å²) in [4.78, 5) is 21.1. The number of hydrogen-bond acceptors (Lipinski definition) is 4. The first-order valence-electron chi connectivity index (χ1n) is 9.02. The molecule has 2 atom stereocenters. The summed E-state index contributed by atoms with van der Waals surface area (Å²) >= 11 is 0. The maximum atomic E-state index is 12.9. The monoisotopic (exact) mass is 341 g/mol. The van der Waals surface area contributed by atoms with Gasteiger partial charge in [-0.3, -0.25) is 14.4 Å². The van der Waals surface area contributed by atoms with Crippen LogP contribution in [0.1, 0.15) is 31.7 Å². The van der Waals surface area contributed by atoms with Crippen LogP contribution in [-0.2, 0) is 17.9 Å². The topological polar surface area (TPSA) is 54.3 Å². The highest BCUT2D eigenvalue weighted by atomic mass is 16.2. The molecule has 0 radical (unpaired) electrons. The second-order valence-electron chi connectivity index (χ2n) is 6.86. The third-order valence-electron chi connectivity index (χ3n) is 5.03. The molecule has 1 amide bonds. The summed E-state index contributed by atoms with van der Waals surface area (Å²) in [5.41, 5.74) is 1.16. The normalized spacial score (nSPS) is 19.5. The quantitative estimate of drug-likeness (QED) is 0.808. The lowest BCUT2D eigenvalue weighted by Gasteiger charge is -2.40. The Labute approximate surface area is 149 Å². The molecule has 2 aromatic rings. The summed E-state index contributed by atoms with van der Waals surface area (Å²) in [6.07, 6.45) is 6.76. The van der Waals surface area contributed by atoms with Crippen molar-refractivity contribution < 1.29 is 4.79 Å². The molecule has 1 fully saturated rings. The summed E-state index contributed by atoms with van der Waals surface area (Å²) in [5.74, 6) is 0.175. The Morgan fingerprint density at radius 2 is 2.12 bits per heavy atom. The van der Waals surface area contributed by atoms with Crippen LogP contribution in [0.2, 0.25) is 0 Å². The average Bonchev–Trinajstić information content (AvgIpc) is 3.15. The second-order valence-corrected chi connectivity index (χ2v) is 6.86. The Hall–Kier alpha value is -2.21. The molecular formula is C19H27N5O. The number of carbonyl (C=O) groups excluding carboxylic acids is 1. The molecule has 25 heavy (non-hydrogen) atoms. The SMILES string of the molecule is CC(C(=O)N(C)Cc1ccccc1)N1CCCCC1Cn1cncn1. The predicted molar refractivity (Wildman–Crippen MR) is 96.7 cm³/mol. The van der Waals surface area contributed by atoms with Gasteiger partial charge < -0.3 is 4.90 Å². The fraction of sp³-hybridized carbons (Fsp3) is 0.526. The molecule has 1 aliphatic heterocycles. The first-order valence-corrected chi connectivity index (χ1v) is 9.02. The Morgan fingerprint density at radius 1 is 1.32 bits per heavy atom. The number of hydrogen-bond donors (Lipinski definition) is 0. The number of nitrogens with zero attached hydrogens (tertiary/aromatic N) is 5. The van der Waals surface area contributed by atoms with Gasteiger partial charge in [0.2, 0.25) is 5.91 Å². The van der Waals surface area contributed by atoms with Crippen LogP contribution in [0.4, 0.5) is 0 Å². The Bertz CT molecular complexity index is 658. The Balaban J connectivity index is 1.64. The van der Waals surface area contributed by atoms with E-state index in [1.54, 1.807) is 12.7 Å². The molecule has 0 N–H and O–H groups in total. The van der Waals surface area contributed by atoms with E-state index < -0.39 is 0 Å². The maximum Gasteiger partial charge on any atom is 0.239 e. The van der Waals surface area contributed by atoms with Crippen LogP contribution in [0.15, 0.2) is 43.0 Å². The smallest absolute Gasteiger partial charge is 0.239 e. The molecular weight excluding hydrogens is 314 g/mol. The Kier molecular flexibility index (Phi) is 5.81. The molecule has 3 rings (SSSR count). The fourth-order valence-electron chi connectivity index (χ4n) is 3.67. The molecule has 1 aromatic heterocycles. The largest absolute Gasteiger partial charge is 0.340 e. The molecule has 1 saturated heterocycles. The van der Waals surface area contributed by atoms with Crippen molar-refractivity contribution in [1.29, 1.82) is 0 Å². The number of aromatic nitrogens is 3. The number of piperidine rings is 1. The molecule has 0 saturated carbocycles. The number of rotatable bonds is 6. The summed E-state index contributed by atoms with van der Waals surface area (Å²) < 4.78 is 1.87. The van der Waals surface area contributed by atoms with Gasteiger partial charge in [-0.25, -0.2) is 4.98 Å². The van der Waals surface area contributed by atoms with Crippen molar-refractivity contribution in [2.75, 3.05) is 13.6 Å². The highest BCUT2D eigenvalue weighted by Crippen LogP contribution is 2.22. The lowest BCUT2D eigenvalue weighted by molar-refractivity contribution is -0.137. The van der Waals surface area contributed by atoms with Crippen molar-refractivity contribution in [2.24, 2.45) is 0 Å². The number of likely N-dealkylation sites (N-methyl/N-ethyl adjacent to an activating group) is 1. The van der Waals surface area contributed by atoms with Crippen LogP contribution in [-0.4, -0.2) is 56.1 Å². The second kappa shape index (κ2) is 8.25. The first kappa shape index (κ1) is 17.6. The van der Waals surface area contributed by atoms with E-state index in [0.29, 0.717) is 12.6 Å². The van der Waals surface area contributed by atoms with E-state index >= 15 is 0 Å². The van der Waals surface area contributed by atoms with E-state index in [1.165, 1.54) is 6.42 Å². The minimum atomic E-state index is -0.123. The molecule has 0 bridgehead atoms. The van der Waals surface area contributed by atoms with Gasteiger partial charge in [-0.2, -0.15) is 5.10 Å². The van der Waals surface area contributed by atoms with Gasteiger partial charge in [0.25, 0.3) is 0 Å². The molecule has 2 unspecified atom stereocenters. The number of likely N-dealkylation sites (tertiary alicyclic amines) is 1. The number of benzene rings is 1. The summed E-state index contributed by atoms with van der Waals surface area (Å²) in [6, 6.07) is 10.3. The zero-order valence-corrected chi connectivity index (χ0v) is 15.1. The van der Waals surface area contributed by atoms with E-state index in [0.717, 1.165) is 31.5 Å². The van der Waals surface area contributed by atoms with Gasteiger partial charge in [-0.1, -0.05) is 36.8 Å². The van der Waals surface area contributed by atoms with Gasteiger partial charge in [0.1, 0.15) is 12.7 Å². The number of carbonyl (C=O) groups is 1. The van der Waals surface area contributed by atoms with Crippen LogP contribution in [0.3, 0.4) is 0 Å². The third-order valence-corrected chi connectivity index (χ3v) is 5.03. The van der Waals surface area contributed by atoms with E-state index in [1.807, 2.05) is 41.8 Å². The van der Waals surface area contributed by atoms with Crippen LogP contribution in [0.5, 0.6) is 0 Å². The minimum Gasteiger partial charge on any atom is -0.340 e. The van der Waals surface area contributed by atoms with E-state index in [2.05, 4.69) is 27.1 Å². The maximum absolute atomic E-state index is 12.9. The fourth-order valence-corrected chi connectivity index (χ4v) is 3.67. The summed E-state index contributed by atoms with van der Waals surface area (Å²) in [5, 5.41) is 4.22.